The van der Waals surface area contributed by atoms with Crippen LogP contribution in [0.1, 0.15) is 12.5 Å². The average molecular weight is 313 g/mol. The zero-order chi connectivity index (χ0) is 16.5. The molecule has 2 aromatic carbocycles. The van der Waals surface area contributed by atoms with Crippen LogP contribution in [-0.2, 0) is 6.54 Å². The lowest BCUT2D eigenvalue weighted by atomic mass is 9.98. The molecule has 0 spiro atoms. The molecule has 0 aliphatic carbocycles. The molecule has 0 saturated heterocycles. The normalized spacial score (nSPS) is 11.1. The van der Waals surface area contributed by atoms with E-state index in [1.807, 2.05) is 16.9 Å². The molecule has 3 heteroatoms. The molecule has 2 aromatic heterocycles. The van der Waals surface area contributed by atoms with E-state index in [-0.39, 0.29) is 0 Å². The Morgan fingerprint density at radius 2 is 1.88 bits per heavy atom. The summed E-state index contributed by atoms with van der Waals surface area (Å²) in [5.41, 5.74) is 6.75. The van der Waals surface area contributed by atoms with E-state index in [0.29, 0.717) is 0 Å². The molecule has 0 aliphatic heterocycles. The Bertz CT molecular complexity index is 1010. The minimum Gasteiger partial charge on any atom is -0.272 e. The second-order valence-electron chi connectivity index (χ2n) is 6.03. The SMILES string of the molecule is CCn1cc2cc(-c3cccnc3-c3cccc(C)c3)ccc2n1. The van der Waals surface area contributed by atoms with Gasteiger partial charge in [0.1, 0.15) is 0 Å². The second kappa shape index (κ2) is 5.93. The Balaban J connectivity index is 1.88. The molecule has 0 radical (unpaired) electrons. The predicted molar refractivity (Wildman–Crippen MR) is 98.8 cm³/mol. The van der Waals surface area contributed by atoms with E-state index in [9.17, 15) is 0 Å². The molecule has 0 atom stereocenters. The summed E-state index contributed by atoms with van der Waals surface area (Å²) in [5.74, 6) is 0. The van der Waals surface area contributed by atoms with Crippen molar-refractivity contribution in [1.29, 1.82) is 0 Å². The largest absolute Gasteiger partial charge is 0.272 e. The highest BCUT2D eigenvalue weighted by atomic mass is 15.3. The van der Waals surface area contributed by atoms with E-state index in [1.165, 1.54) is 11.1 Å². The number of pyridine rings is 1. The zero-order valence-electron chi connectivity index (χ0n) is 13.9. The first kappa shape index (κ1) is 14.6. The van der Waals surface area contributed by atoms with E-state index < -0.39 is 0 Å². The van der Waals surface area contributed by atoms with Gasteiger partial charge in [-0.05, 0) is 43.7 Å². The highest BCUT2D eigenvalue weighted by Crippen LogP contribution is 2.32. The molecular formula is C21H19N3. The second-order valence-corrected chi connectivity index (χ2v) is 6.03. The number of benzene rings is 2. The summed E-state index contributed by atoms with van der Waals surface area (Å²) in [7, 11) is 0. The summed E-state index contributed by atoms with van der Waals surface area (Å²) < 4.78 is 1.97. The van der Waals surface area contributed by atoms with E-state index in [0.717, 1.165) is 34.3 Å². The summed E-state index contributed by atoms with van der Waals surface area (Å²) in [5, 5.41) is 5.72. The van der Waals surface area contributed by atoms with Gasteiger partial charge in [0.2, 0.25) is 0 Å². The molecule has 3 nitrogen and oxygen atoms in total. The van der Waals surface area contributed by atoms with Crippen molar-refractivity contribution in [3.05, 3.63) is 72.6 Å². The van der Waals surface area contributed by atoms with Crippen LogP contribution >= 0.6 is 0 Å². The molecular weight excluding hydrogens is 294 g/mol. The number of fused-ring (bicyclic) bond motifs is 1. The lowest BCUT2D eigenvalue weighted by molar-refractivity contribution is 0.668. The van der Waals surface area contributed by atoms with Gasteiger partial charge in [-0.15, -0.1) is 0 Å². The molecule has 0 N–H and O–H groups in total. The van der Waals surface area contributed by atoms with Crippen LogP contribution in [0.2, 0.25) is 0 Å². The molecule has 0 aliphatic rings. The maximum atomic E-state index is 4.65. The van der Waals surface area contributed by atoms with Crippen LogP contribution in [0.5, 0.6) is 0 Å². The fourth-order valence-corrected chi connectivity index (χ4v) is 3.07. The van der Waals surface area contributed by atoms with Gasteiger partial charge in [-0.25, -0.2) is 0 Å². The third kappa shape index (κ3) is 2.58. The average Bonchev–Trinajstić information content (AvgIpc) is 3.04. The maximum absolute atomic E-state index is 4.65. The third-order valence-corrected chi connectivity index (χ3v) is 4.29. The quantitative estimate of drug-likeness (QED) is 0.527. The first-order valence-electron chi connectivity index (χ1n) is 8.24. The van der Waals surface area contributed by atoms with E-state index >= 15 is 0 Å². The van der Waals surface area contributed by atoms with Crippen LogP contribution in [-0.4, -0.2) is 14.8 Å². The van der Waals surface area contributed by atoms with E-state index in [4.69, 9.17) is 0 Å². The van der Waals surface area contributed by atoms with Crippen molar-refractivity contribution in [1.82, 2.24) is 14.8 Å². The Hall–Kier alpha value is -2.94. The van der Waals surface area contributed by atoms with Crippen molar-refractivity contribution >= 4 is 10.9 Å². The molecule has 4 aromatic rings. The van der Waals surface area contributed by atoms with Crippen LogP contribution in [0.15, 0.2) is 67.0 Å². The molecule has 0 fully saturated rings. The van der Waals surface area contributed by atoms with Gasteiger partial charge in [-0.3, -0.25) is 9.67 Å². The molecule has 0 saturated carbocycles. The number of aryl methyl sites for hydroxylation is 2. The molecule has 0 amide bonds. The standard InChI is InChI=1S/C21H19N3/c1-3-24-14-18-13-16(9-10-20(18)23-24)19-8-5-11-22-21(19)17-7-4-6-15(2)12-17/h4-14H,3H2,1-2H3. The van der Waals surface area contributed by atoms with Gasteiger partial charge in [0.05, 0.1) is 11.2 Å². The molecule has 4 rings (SSSR count). The predicted octanol–water partition coefficient (Wildman–Crippen LogP) is 5.09. The minimum atomic E-state index is 0.880. The summed E-state index contributed by atoms with van der Waals surface area (Å²) >= 11 is 0. The fourth-order valence-electron chi connectivity index (χ4n) is 3.07. The van der Waals surface area contributed by atoms with Crippen molar-refractivity contribution in [2.24, 2.45) is 0 Å². The van der Waals surface area contributed by atoms with Crippen LogP contribution in [0.4, 0.5) is 0 Å². The first-order valence-corrected chi connectivity index (χ1v) is 8.24. The Morgan fingerprint density at radius 1 is 0.958 bits per heavy atom. The van der Waals surface area contributed by atoms with Crippen LogP contribution in [0, 0.1) is 6.92 Å². The molecule has 0 bridgehead atoms. The van der Waals surface area contributed by atoms with Crippen molar-refractivity contribution in [2.75, 3.05) is 0 Å². The van der Waals surface area contributed by atoms with Gasteiger partial charge >= 0.3 is 0 Å². The summed E-state index contributed by atoms with van der Waals surface area (Å²) in [6, 6.07) is 19.0. The fraction of sp³-hybridized carbons (Fsp3) is 0.143. The number of aromatic nitrogens is 3. The Kier molecular flexibility index (Phi) is 3.62. The van der Waals surface area contributed by atoms with Crippen molar-refractivity contribution in [3.8, 4) is 22.4 Å². The van der Waals surface area contributed by atoms with Gasteiger partial charge in [0.25, 0.3) is 0 Å². The lowest BCUT2D eigenvalue weighted by Gasteiger charge is -2.09. The number of hydrogen-bond acceptors (Lipinski definition) is 2. The van der Waals surface area contributed by atoms with Gasteiger partial charge < -0.3 is 0 Å². The highest BCUT2D eigenvalue weighted by Gasteiger charge is 2.10. The summed E-state index contributed by atoms with van der Waals surface area (Å²) in [6.07, 6.45) is 3.95. The molecule has 118 valence electrons. The van der Waals surface area contributed by atoms with Crippen molar-refractivity contribution in [3.63, 3.8) is 0 Å². The molecule has 2 heterocycles. The van der Waals surface area contributed by atoms with Crippen LogP contribution < -0.4 is 0 Å². The molecule has 0 unspecified atom stereocenters. The smallest absolute Gasteiger partial charge is 0.0923 e. The van der Waals surface area contributed by atoms with E-state index in [1.54, 1.807) is 0 Å². The van der Waals surface area contributed by atoms with Crippen LogP contribution in [0.3, 0.4) is 0 Å². The van der Waals surface area contributed by atoms with Crippen LogP contribution in [0.25, 0.3) is 33.3 Å². The minimum absolute atomic E-state index is 0.880. The monoisotopic (exact) mass is 313 g/mol. The number of rotatable bonds is 3. The highest BCUT2D eigenvalue weighted by molar-refractivity contribution is 5.88. The van der Waals surface area contributed by atoms with Gasteiger partial charge in [0.15, 0.2) is 0 Å². The van der Waals surface area contributed by atoms with Crippen molar-refractivity contribution < 1.29 is 0 Å². The lowest BCUT2D eigenvalue weighted by Crippen LogP contribution is -1.92. The summed E-state index contributed by atoms with van der Waals surface area (Å²) in [4.78, 5) is 4.65. The maximum Gasteiger partial charge on any atom is 0.0923 e. The van der Waals surface area contributed by atoms with Crippen molar-refractivity contribution in [2.45, 2.75) is 20.4 Å². The van der Waals surface area contributed by atoms with Gasteiger partial charge in [-0.2, -0.15) is 5.10 Å². The summed E-state index contributed by atoms with van der Waals surface area (Å²) in [6.45, 7) is 5.09. The van der Waals surface area contributed by atoms with Gasteiger partial charge in [-0.1, -0.05) is 35.9 Å². The zero-order valence-corrected chi connectivity index (χ0v) is 13.9. The Labute approximate surface area is 141 Å². The van der Waals surface area contributed by atoms with E-state index in [2.05, 4.69) is 78.7 Å². The number of nitrogens with zero attached hydrogens (tertiary/aromatic N) is 3. The third-order valence-electron chi connectivity index (χ3n) is 4.29. The Morgan fingerprint density at radius 3 is 2.71 bits per heavy atom. The topological polar surface area (TPSA) is 30.7 Å². The number of hydrogen-bond donors (Lipinski definition) is 0. The van der Waals surface area contributed by atoms with Gasteiger partial charge in [0, 0.05) is 35.5 Å². The molecule has 24 heavy (non-hydrogen) atoms. The first-order chi connectivity index (χ1) is 11.7.